The molecule has 2 aliphatic rings. The van der Waals surface area contributed by atoms with Gasteiger partial charge in [-0.15, -0.1) is 0 Å². The summed E-state index contributed by atoms with van der Waals surface area (Å²) in [7, 11) is 0. The monoisotopic (exact) mass is 314 g/mol. The van der Waals surface area contributed by atoms with Gasteiger partial charge in [0.1, 0.15) is 0 Å². The summed E-state index contributed by atoms with van der Waals surface area (Å²) < 4.78 is 0. The Hall–Kier alpha value is -1.35. The molecule has 1 unspecified atom stereocenters. The van der Waals surface area contributed by atoms with Gasteiger partial charge < -0.3 is 10.2 Å². The molecule has 0 spiro atoms. The molecule has 1 atom stereocenters. The summed E-state index contributed by atoms with van der Waals surface area (Å²) in [6.45, 7) is 4.58. The lowest BCUT2D eigenvalue weighted by Crippen LogP contribution is -2.45. The molecule has 0 radical (unpaired) electrons. The molecule has 1 aliphatic carbocycles. The molecular weight excluding hydrogens is 284 g/mol. The van der Waals surface area contributed by atoms with Crippen LogP contribution in [0.15, 0.2) is 30.3 Å². The second kappa shape index (κ2) is 7.96. The second-order valence-electron chi connectivity index (χ2n) is 7.25. The van der Waals surface area contributed by atoms with E-state index < -0.39 is 0 Å². The molecule has 1 aromatic carbocycles. The number of hydrogen-bond acceptors (Lipinski definition) is 2. The van der Waals surface area contributed by atoms with Crippen LogP contribution in [0.4, 0.5) is 0 Å². The molecule has 3 rings (SSSR count). The molecule has 0 aromatic heterocycles. The van der Waals surface area contributed by atoms with Gasteiger partial charge in [0.25, 0.3) is 0 Å². The van der Waals surface area contributed by atoms with Crippen molar-refractivity contribution in [3.8, 4) is 0 Å². The second-order valence-corrected chi connectivity index (χ2v) is 7.25. The minimum absolute atomic E-state index is 0.219. The molecule has 1 N–H and O–H groups in total. The number of rotatable bonds is 5. The Morgan fingerprint density at radius 3 is 2.39 bits per heavy atom. The predicted molar refractivity (Wildman–Crippen MR) is 94.4 cm³/mol. The molecule has 1 aromatic rings. The number of carbonyl (C=O) groups excluding carboxylic acids is 1. The van der Waals surface area contributed by atoms with E-state index in [4.69, 9.17) is 0 Å². The molecule has 3 nitrogen and oxygen atoms in total. The average Bonchev–Trinajstić information content (AvgIpc) is 3.11. The lowest BCUT2D eigenvalue weighted by molar-refractivity contribution is -0.129. The summed E-state index contributed by atoms with van der Waals surface area (Å²) in [5.74, 6) is 1.70. The van der Waals surface area contributed by atoms with Crippen molar-refractivity contribution in [2.45, 2.75) is 57.4 Å². The van der Waals surface area contributed by atoms with Crippen LogP contribution in [0.5, 0.6) is 0 Å². The predicted octanol–water partition coefficient (Wildman–Crippen LogP) is 3.56. The lowest BCUT2D eigenvalue weighted by Gasteiger charge is -2.33. The summed E-state index contributed by atoms with van der Waals surface area (Å²) >= 11 is 0. The van der Waals surface area contributed by atoms with E-state index in [2.05, 4.69) is 35.6 Å². The summed E-state index contributed by atoms with van der Waals surface area (Å²) in [6, 6.07) is 11.6. The van der Waals surface area contributed by atoms with Gasteiger partial charge in [-0.25, -0.2) is 0 Å². The fraction of sp³-hybridized carbons (Fsp3) is 0.650. The molecule has 3 heteroatoms. The van der Waals surface area contributed by atoms with Crippen LogP contribution in [-0.2, 0) is 4.79 Å². The van der Waals surface area contributed by atoms with Crippen molar-refractivity contribution in [2.75, 3.05) is 19.6 Å². The first-order valence-corrected chi connectivity index (χ1v) is 9.28. The van der Waals surface area contributed by atoms with Gasteiger partial charge in [0, 0.05) is 32.6 Å². The third-order valence-corrected chi connectivity index (χ3v) is 5.76. The van der Waals surface area contributed by atoms with Gasteiger partial charge in [-0.05, 0) is 43.1 Å². The van der Waals surface area contributed by atoms with E-state index in [1.165, 1.54) is 31.2 Å². The van der Waals surface area contributed by atoms with E-state index in [0.29, 0.717) is 12.0 Å². The normalized spacial score (nSPS) is 21.5. The Morgan fingerprint density at radius 1 is 1.13 bits per heavy atom. The maximum absolute atomic E-state index is 11.4. The maximum Gasteiger partial charge on any atom is 0.219 e. The Bertz CT molecular complexity index is 488. The lowest BCUT2D eigenvalue weighted by atomic mass is 9.84. The van der Waals surface area contributed by atoms with Gasteiger partial charge in [0.05, 0.1) is 0 Å². The van der Waals surface area contributed by atoms with Gasteiger partial charge in [-0.3, -0.25) is 4.79 Å². The summed E-state index contributed by atoms with van der Waals surface area (Å²) in [4.78, 5) is 13.4. The van der Waals surface area contributed by atoms with Gasteiger partial charge in [0.15, 0.2) is 0 Å². The molecule has 1 amide bonds. The summed E-state index contributed by atoms with van der Waals surface area (Å²) in [5, 5.41) is 3.82. The van der Waals surface area contributed by atoms with E-state index in [9.17, 15) is 4.79 Å². The van der Waals surface area contributed by atoms with Crippen LogP contribution in [0.3, 0.4) is 0 Å². The van der Waals surface area contributed by atoms with Gasteiger partial charge in [-0.2, -0.15) is 0 Å². The fourth-order valence-corrected chi connectivity index (χ4v) is 4.31. The number of piperidine rings is 1. The number of carbonyl (C=O) groups is 1. The number of nitrogens with one attached hydrogen (secondary N) is 1. The zero-order chi connectivity index (χ0) is 16.1. The number of nitrogens with zero attached hydrogens (tertiary/aromatic N) is 1. The van der Waals surface area contributed by atoms with Crippen LogP contribution in [-0.4, -0.2) is 36.5 Å². The zero-order valence-corrected chi connectivity index (χ0v) is 14.3. The number of hydrogen-bond donors (Lipinski definition) is 1. The molecule has 1 saturated heterocycles. The molecule has 2 fully saturated rings. The molecule has 23 heavy (non-hydrogen) atoms. The maximum atomic E-state index is 11.4. The molecule has 126 valence electrons. The Labute approximate surface area is 140 Å². The van der Waals surface area contributed by atoms with Crippen LogP contribution in [0.1, 0.15) is 56.9 Å². The van der Waals surface area contributed by atoms with Crippen LogP contribution < -0.4 is 5.32 Å². The van der Waals surface area contributed by atoms with Gasteiger partial charge in [0.2, 0.25) is 5.91 Å². The van der Waals surface area contributed by atoms with Crippen LogP contribution >= 0.6 is 0 Å². The van der Waals surface area contributed by atoms with E-state index in [1.807, 2.05) is 4.90 Å². The van der Waals surface area contributed by atoms with Crippen LogP contribution in [0, 0.1) is 5.92 Å². The van der Waals surface area contributed by atoms with Crippen molar-refractivity contribution < 1.29 is 4.79 Å². The van der Waals surface area contributed by atoms with Crippen molar-refractivity contribution in [1.29, 1.82) is 0 Å². The number of amides is 1. The first kappa shape index (κ1) is 16.5. The zero-order valence-electron chi connectivity index (χ0n) is 14.3. The highest BCUT2D eigenvalue weighted by Gasteiger charge is 2.27. The first-order valence-electron chi connectivity index (χ1n) is 9.28. The van der Waals surface area contributed by atoms with Crippen molar-refractivity contribution in [2.24, 2.45) is 5.92 Å². The van der Waals surface area contributed by atoms with E-state index >= 15 is 0 Å². The third-order valence-electron chi connectivity index (χ3n) is 5.76. The smallest absolute Gasteiger partial charge is 0.219 e. The number of benzene rings is 1. The van der Waals surface area contributed by atoms with Crippen molar-refractivity contribution in [1.82, 2.24) is 10.2 Å². The molecule has 1 saturated carbocycles. The first-order chi connectivity index (χ1) is 11.2. The van der Waals surface area contributed by atoms with Crippen LogP contribution in [0.25, 0.3) is 0 Å². The Kier molecular flexibility index (Phi) is 5.71. The highest BCUT2D eigenvalue weighted by molar-refractivity contribution is 5.73. The van der Waals surface area contributed by atoms with E-state index in [1.54, 1.807) is 6.92 Å². The summed E-state index contributed by atoms with van der Waals surface area (Å²) in [5.41, 5.74) is 1.49. The van der Waals surface area contributed by atoms with Crippen molar-refractivity contribution in [3.63, 3.8) is 0 Å². The quantitative estimate of drug-likeness (QED) is 0.901. The fourth-order valence-electron chi connectivity index (χ4n) is 4.31. The Morgan fingerprint density at radius 2 is 1.78 bits per heavy atom. The van der Waals surface area contributed by atoms with Gasteiger partial charge >= 0.3 is 0 Å². The Balaban J connectivity index is 1.56. The topological polar surface area (TPSA) is 32.3 Å². The van der Waals surface area contributed by atoms with E-state index in [-0.39, 0.29) is 5.91 Å². The van der Waals surface area contributed by atoms with Crippen molar-refractivity contribution >= 4 is 5.91 Å². The third kappa shape index (κ3) is 4.35. The van der Waals surface area contributed by atoms with Crippen molar-refractivity contribution in [3.05, 3.63) is 35.9 Å². The van der Waals surface area contributed by atoms with E-state index in [0.717, 1.165) is 38.4 Å². The SMILES string of the molecule is CC(=O)N1CCC(NCC(c2ccccc2)C2CCCC2)CC1. The standard InChI is InChI=1S/C20H30N2O/c1-16(23)22-13-11-19(12-14-22)21-15-20(18-9-5-6-10-18)17-7-3-2-4-8-17/h2-4,7-8,18-21H,5-6,9-15H2,1H3. The average molecular weight is 314 g/mol. The molecular formula is C20H30N2O. The van der Waals surface area contributed by atoms with Crippen LogP contribution in [0.2, 0.25) is 0 Å². The minimum Gasteiger partial charge on any atom is -0.343 e. The largest absolute Gasteiger partial charge is 0.343 e. The molecule has 1 heterocycles. The number of likely N-dealkylation sites (tertiary alicyclic amines) is 1. The summed E-state index contributed by atoms with van der Waals surface area (Å²) in [6.07, 6.45) is 7.72. The highest BCUT2D eigenvalue weighted by atomic mass is 16.2. The van der Waals surface area contributed by atoms with Gasteiger partial charge in [-0.1, -0.05) is 43.2 Å². The molecule has 1 aliphatic heterocycles. The minimum atomic E-state index is 0.219. The highest BCUT2D eigenvalue weighted by Crippen LogP contribution is 2.37. The molecule has 0 bridgehead atoms.